The minimum Gasteiger partial charge on any atom is -0.491 e. The third-order valence-electron chi connectivity index (χ3n) is 5.70. The number of nitrogens with zero attached hydrogens (tertiary/aromatic N) is 4. The summed E-state index contributed by atoms with van der Waals surface area (Å²) < 4.78 is 20.4. The summed E-state index contributed by atoms with van der Waals surface area (Å²) in [5, 5.41) is 20.4. The largest absolute Gasteiger partial charge is 0.491 e. The molecular formula is C23H30N4O7. The molecule has 34 heavy (non-hydrogen) atoms. The number of rotatable bonds is 11. The van der Waals surface area contributed by atoms with Gasteiger partial charge in [-0.1, -0.05) is 20.3 Å². The van der Waals surface area contributed by atoms with Crippen LogP contribution in [-0.2, 0) is 26.2 Å². The molecule has 11 nitrogen and oxygen atoms in total. The normalized spacial score (nSPS) is 13.5. The maximum absolute atomic E-state index is 13.4. The summed E-state index contributed by atoms with van der Waals surface area (Å²) in [6, 6.07) is 5.06. The molecule has 0 saturated carbocycles. The van der Waals surface area contributed by atoms with Gasteiger partial charge in [0.15, 0.2) is 22.7 Å². The van der Waals surface area contributed by atoms with E-state index in [-0.39, 0.29) is 37.7 Å². The predicted octanol–water partition coefficient (Wildman–Crippen LogP) is 1.23. The Kier molecular flexibility index (Phi) is 7.23. The zero-order chi connectivity index (χ0) is 24.2. The molecule has 0 saturated heterocycles. The van der Waals surface area contributed by atoms with E-state index >= 15 is 0 Å². The summed E-state index contributed by atoms with van der Waals surface area (Å²) in [4.78, 5) is 31.0. The first kappa shape index (κ1) is 23.8. The van der Waals surface area contributed by atoms with E-state index < -0.39 is 17.4 Å². The Hall–Kier alpha value is -3.31. The van der Waals surface area contributed by atoms with Crippen LogP contribution in [0.25, 0.3) is 11.2 Å². The molecule has 4 rings (SSSR count). The Morgan fingerprint density at radius 2 is 1.88 bits per heavy atom. The van der Waals surface area contributed by atoms with E-state index in [0.717, 1.165) is 23.8 Å². The Morgan fingerprint density at radius 1 is 1.09 bits per heavy atom. The zero-order valence-corrected chi connectivity index (χ0v) is 19.4. The van der Waals surface area contributed by atoms with E-state index in [0.29, 0.717) is 36.2 Å². The van der Waals surface area contributed by atoms with Crippen molar-refractivity contribution in [2.45, 2.75) is 65.5 Å². The summed E-state index contributed by atoms with van der Waals surface area (Å²) in [7, 11) is 0. The van der Waals surface area contributed by atoms with Crippen LogP contribution in [0.2, 0.25) is 0 Å². The van der Waals surface area contributed by atoms with Crippen molar-refractivity contribution in [2.75, 3.05) is 13.4 Å². The van der Waals surface area contributed by atoms with E-state index in [1.807, 2.05) is 13.8 Å². The van der Waals surface area contributed by atoms with Crippen molar-refractivity contribution in [2.24, 2.45) is 0 Å². The van der Waals surface area contributed by atoms with E-state index in [4.69, 9.17) is 14.2 Å². The number of aliphatic hydroxyl groups excluding tert-OH is 2. The van der Waals surface area contributed by atoms with Gasteiger partial charge in [-0.25, -0.2) is 9.78 Å². The van der Waals surface area contributed by atoms with Crippen molar-refractivity contribution < 1.29 is 24.4 Å². The lowest BCUT2D eigenvalue weighted by Gasteiger charge is -2.16. The van der Waals surface area contributed by atoms with Crippen molar-refractivity contribution in [1.82, 2.24) is 18.7 Å². The van der Waals surface area contributed by atoms with Crippen molar-refractivity contribution >= 4 is 11.2 Å². The molecule has 0 amide bonds. The number of imidazole rings is 1. The van der Waals surface area contributed by atoms with Crippen LogP contribution >= 0.6 is 0 Å². The second kappa shape index (κ2) is 10.3. The third-order valence-corrected chi connectivity index (χ3v) is 5.70. The van der Waals surface area contributed by atoms with Gasteiger partial charge in [0.1, 0.15) is 30.9 Å². The average Bonchev–Trinajstić information content (AvgIpc) is 3.45. The molecule has 0 radical (unpaired) electrons. The standard InChI is InChI=1S/C23H30N4O7/c1-3-5-9-26-21-20(25(8-4-2)19(12-28)24-21)22(30)27(23(26)31)11-15(29)13-32-16-6-7-17-18(10-16)34-14-33-17/h6-7,10,15,28-29H,3-5,8-9,11-14H2,1-2H3. The Balaban J connectivity index is 1.64. The fraction of sp³-hybridized carbons (Fsp3) is 0.522. The molecule has 1 aliphatic heterocycles. The summed E-state index contributed by atoms with van der Waals surface area (Å²) in [6.07, 6.45) is 1.17. The minimum absolute atomic E-state index is 0.130. The summed E-state index contributed by atoms with van der Waals surface area (Å²) >= 11 is 0. The predicted molar refractivity (Wildman–Crippen MR) is 123 cm³/mol. The maximum Gasteiger partial charge on any atom is 0.332 e. The number of benzene rings is 1. The third kappa shape index (κ3) is 4.53. The fourth-order valence-electron chi connectivity index (χ4n) is 4.02. The molecule has 2 aromatic heterocycles. The number of aromatic nitrogens is 4. The molecule has 0 spiro atoms. The molecule has 184 valence electrons. The molecule has 0 aliphatic carbocycles. The highest BCUT2D eigenvalue weighted by Gasteiger charge is 2.22. The van der Waals surface area contributed by atoms with Gasteiger partial charge >= 0.3 is 5.69 Å². The van der Waals surface area contributed by atoms with Gasteiger partial charge in [0.25, 0.3) is 5.56 Å². The molecule has 0 fully saturated rings. The minimum atomic E-state index is -1.12. The summed E-state index contributed by atoms with van der Waals surface area (Å²) in [5.41, 5.74) is -0.567. The molecule has 3 aromatic rings. The Bertz CT molecular complexity index is 1280. The molecule has 1 atom stereocenters. The van der Waals surface area contributed by atoms with Gasteiger partial charge in [-0.3, -0.25) is 13.9 Å². The van der Waals surface area contributed by atoms with Gasteiger partial charge in [0, 0.05) is 19.2 Å². The Labute approximate surface area is 195 Å². The van der Waals surface area contributed by atoms with E-state index in [1.54, 1.807) is 22.8 Å². The number of hydrogen-bond acceptors (Lipinski definition) is 8. The lowest BCUT2D eigenvalue weighted by molar-refractivity contribution is 0.0900. The number of unbranched alkanes of at least 4 members (excludes halogenated alkanes) is 1. The van der Waals surface area contributed by atoms with E-state index in [1.165, 1.54) is 4.57 Å². The molecule has 11 heteroatoms. The van der Waals surface area contributed by atoms with Crippen LogP contribution in [0, 0.1) is 0 Å². The van der Waals surface area contributed by atoms with Crippen LogP contribution in [0.3, 0.4) is 0 Å². The molecular weight excluding hydrogens is 444 g/mol. The number of hydrogen-bond donors (Lipinski definition) is 2. The van der Waals surface area contributed by atoms with Crippen LogP contribution in [-0.4, -0.2) is 48.4 Å². The zero-order valence-electron chi connectivity index (χ0n) is 19.4. The van der Waals surface area contributed by atoms with Crippen molar-refractivity contribution in [1.29, 1.82) is 0 Å². The molecule has 3 heterocycles. The topological polar surface area (TPSA) is 130 Å². The highest BCUT2D eigenvalue weighted by molar-refractivity contribution is 5.71. The maximum atomic E-state index is 13.4. The molecule has 1 unspecified atom stereocenters. The van der Waals surface area contributed by atoms with Gasteiger partial charge in [-0.05, 0) is 25.0 Å². The van der Waals surface area contributed by atoms with Crippen LogP contribution in [0.1, 0.15) is 38.9 Å². The van der Waals surface area contributed by atoms with E-state index in [9.17, 15) is 19.8 Å². The monoisotopic (exact) mass is 474 g/mol. The average molecular weight is 475 g/mol. The molecule has 0 bridgehead atoms. The summed E-state index contributed by atoms with van der Waals surface area (Å²) in [6.45, 7) is 4.24. The molecule has 1 aliphatic rings. The molecule has 2 N–H and O–H groups in total. The Morgan fingerprint density at radius 3 is 2.62 bits per heavy atom. The van der Waals surface area contributed by atoms with Crippen LogP contribution in [0.5, 0.6) is 17.2 Å². The van der Waals surface area contributed by atoms with Gasteiger partial charge in [-0.15, -0.1) is 0 Å². The smallest absolute Gasteiger partial charge is 0.332 e. The second-order valence-electron chi connectivity index (χ2n) is 8.19. The fourth-order valence-corrected chi connectivity index (χ4v) is 4.02. The first-order valence-corrected chi connectivity index (χ1v) is 11.5. The molecule has 1 aromatic carbocycles. The number of aliphatic hydroxyl groups is 2. The SMILES string of the molecule is CCCCn1c(=O)n(CC(O)COc2ccc3c(c2)OCO3)c(=O)c2c1nc(CO)n2CCC. The van der Waals surface area contributed by atoms with Crippen LogP contribution < -0.4 is 25.5 Å². The lowest BCUT2D eigenvalue weighted by atomic mass is 10.3. The quantitative estimate of drug-likeness (QED) is 0.424. The van der Waals surface area contributed by atoms with Crippen molar-refractivity contribution in [3.63, 3.8) is 0 Å². The van der Waals surface area contributed by atoms with Crippen molar-refractivity contribution in [3.05, 3.63) is 44.9 Å². The second-order valence-corrected chi connectivity index (χ2v) is 8.19. The highest BCUT2D eigenvalue weighted by Crippen LogP contribution is 2.35. The first-order chi connectivity index (χ1) is 16.5. The number of fused-ring (bicyclic) bond motifs is 2. The number of ether oxygens (including phenoxy) is 3. The van der Waals surface area contributed by atoms with E-state index in [2.05, 4.69) is 4.98 Å². The number of aryl methyl sites for hydroxylation is 2. The summed E-state index contributed by atoms with van der Waals surface area (Å²) in [5.74, 6) is 1.98. The highest BCUT2D eigenvalue weighted by atomic mass is 16.7. The van der Waals surface area contributed by atoms with Crippen molar-refractivity contribution in [3.8, 4) is 17.2 Å². The van der Waals surface area contributed by atoms with Crippen LogP contribution in [0.15, 0.2) is 27.8 Å². The van der Waals surface area contributed by atoms with Crippen LogP contribution in [0.4, 0.5) is 0 Å². The van der Waals surface area contributed by atoms with Gasteiger partial charge in [0.05, 0.1) is 6.54 Å². The van der Waals surface area contributed by atoms with Gasteiger partial charge < -0.3 is 29.0 Å². The lowest BCUT2D eigenvalue weighted by Crippen LogP contribution is -2.44. The first-order valence-electron chi connectivity index (χ1n) is 11.5. The van der Waals surface area contributed by atoms with Gasteiger partial charge in [-0.2, -0.15) is 0 Å². The van der Waals surface area contributed by atoms with Gasteiger partial charge in [0.2, 0.25) is 6.79 Å².